The monoisotopic (exact) mass is 463 g/mol. The van der Waals surface area contributed by atoms with Crippen LogP contribution in [0.3, 0.4) is 0 Å². The summed E-state index contributed by atoms with van der Waals surface area (Å²) in [5.74, 6) is 0. The first kappa shape index (κ1) is 21.9. The number of thiocarbonyl (C=S) groups is 1. The number of aromatic nitrogens is 2. The molecule has 0 amide bonds. The molecule has 2 aromatic heterocycles. The third-order valence-corrected chi connectivity index (χ3v) is 6.62. The molecule has 172 valence electrons. The van der Waals surface area contributed by atoms with Gasteiger partial charge in [-0.3, -0.25) is 4.98 Å². The van der Waals surface area contributed by atoms with E-state index in [1.807, 2.05) is 18.3 Å². The van der Waals surface area contributed by atoms with E-state index in [4.69, 9.17) is 21.7 Å². The van der Waals surface area contributed by atoms with Gasteiger partial charge in [0.15, 0.2) is 5.11 Å². The Kier molecular flexibility index (Phi) is 6.57. The molecular formula is C25H29N5O2S. The van der Waals surface area contributed by atoms with E-state index in [2.05, 4.69) is 73.3 Å². The number of pyridine rings is 1. The second kappa shape index (κ2) is 9.91. The summed E-state index contributed by atoms with van der Waals surface area (Å²) in [4.78, 5) is 9.23. The van der Waals surface area contributed by atoms with Gasteiger partial charge < -0.3 is 29.2 Å². The highest BCUT2D eigenvalue weighted by molar-refractivity contribution is 7.80. The molecule has 2 aliphatic heterocycles. The van der Waals surface area contributed by atoms with Crippen LogP contribution in [0.15, 0.2) is 67.0 Å². The highest BCUT2D eigenvalue weighted by atomic mass is 32.1. The standard InChI is InChI=1S/C25H29N5O2S/c1-31-16-13-29-12-4-6-22(29)24-23(21-5-2-3-11-26-21)27-25(33)30(24)20-9-7-19(8-10-20)28-14-17-32-18-15-28/h2-12,23-24H,13-18H2,1H3,(H,27,33)/t23-,24+/m0/s1. The largest absolute Gasteiger partial charge is 0.383 e. The fraction of sp³-hybridized carbons (Fsp3) is 0.360. The van der Waals surface area contributed by atoms with E-state index in [-0.39, 0.29) is 12.1 Å². The molecule has 2 fully saturated rings. The van der Waals surface area contributed by atoms with Crippen LogP contribution in [0, 0.1) is 0 Å². The lowest BCUT2D eigenvalue weighted by Gasteiger charge is -2.31. The number of morpholine rings is 1. The van der Waals surface area contributed by atoms with E-state index in [1.54, 1.807) is 7.11 Å². The van der Waals surface area contributed by atoms with Crippen LogP contribution in [0.5, 0.6) is 0 Å². The van der Waals surface area contributed by atoms with Gasteiger partial charge in [0.05, 0.1) is 31.6 Å². The van der Waals surface area contributed by atoms with Gasteiger partial charge in [-0.15, -0.1) is 0 Å². The van der Waals surface area contributed by atoms with Crippen LogP contribution in [-0.2, 0) is 16.0 Å². The molecule has 5 rings (SSSR count). The summed E-state index contributed by atoms with van der Waals surface area (Å²) >= 11 is 5.87. The van der Waals surface area contributed by atoms with E-state index in [0.29, 0.717) is 11.7 Å². The lowest BCUT2D eigenvalue weighted by molar-refractivity contribution is 0.122. The maximum Gasteiger partial charge on any atom is 0.174 e. The Morgan fingerprint density at radius 2 is 1.85 bits per heavy atom. The molecule has 4 heterocycles. The first-order chi connectivity index (χ1) is 16.3. The molecule has 0 unspecified atom stereocenters. The molecule has 33 heavy (non-hydrogen) atoms. The van der Waals surface area contributed by atoms with Gasteiger partial charge in [-0.2, -0.15) is 0 Å². The smallest absolute Gasteiger partial charge is 0.174 e. The van der Waals surface area contributed by atoms with Crippen molar-refractivity contribution in [2.75, 3.05) is 49.8 Å². The molecule has 1 aromatic carbocycles. The molecule has 2 atom stereocenters. The number of anilines is 2. The average Bonchev–Trinajstić information content (AvgIpc) is 3.47. The fourth-order valence-electron chi connectivity index (χ4n) is 4.67. The van der Waals surface area contributed by atoms with Crippen molar-refractivity contribution in [3.63, 3.8) is 0 Å². The van der Waals surface area contributed by atoms with Crippen molar-refractivity contribution in [3.05, 3.63) is 78.4 Å². The van der Waals surface area contributed by atoms with E-state index in [1.165, 1.54) is 11.4 Å². The van der Waals surface area contributed by atoms with Crippen LogP contribution in [0.2, 0.25) is 0 Å². The number of rotatable bonds is 7. The van der Waals surface area contributed by atoms with Crippen molar-refractivity contribution >= 4 is 28.7 Å². The number of nitrogens with zero attached hydrogens (tertiary/aromatic N) is 4. The zero-order chi connectivity index (χ0) is 22.6. The van der Waals surface area contributed by atoms with E-state index >= 15 is 0 Å². The van der Waals surface area contributed by atoms with Crippen molar-refractivity contribution in [2.45, 2.75) is 18.6 Å². The van der Waals surface area contributed by atoms with Gasteiger partial charge in [0, 0.05) is 56.2 Å². The fourth-order valence-corrected chi connectivity index (χ4v) is 5.01. The average molecular weight is 464 g/mol. The molecular weight excluding hydrogens is 434 g/mol. The van der Waals surface area contributed by atoms with Gasteiger partial charge in [-0.05, 0) is 60.7 Å². The van der Waals surface area contributed by atoms with Gasteiger partial charge >= 0.3 is 0 Å². The number of ether oxygens (including phenoxy) is 2. The van der Waals surface area contributed by atoms with E-state index in [0.717, 1.165) is 44.2 Å². The lowest BCUT2D eigenvalue weighted by Crippen LogP contribution is -2.36. The quantitative estimate of drug-likeness (QED) is 0.538. The number of nitrogens with one attached hydrogen (secondary N) is 1. The van der Waals surface area contributed by atoms with Crippen LogP contribution >= 0.6 is 12.2 Å². The van der Waals surface area contributed by atoms with Gasteiger partial charge in [0.25, 0.3) is 0 Å². The molecule has 0 spiro atoms. The maximum atomic E-state index is 5.87. The molecule has 2 aliphatic rings. The minimum atomic E-state index is -0.0613. The number of methoxy groups -OCH3 is 1. The molecule has 2 saturated heterocycles. The molecule has 0 bridgehead atoms. The van der Waals surface area contributed by atoms with Crippen LogP contribution in [0.25, 0.3) is 0 Å². The Bertz CT molecular complexity index is 1070. The molecule has 1 N–H and O–H groups in total. The van der Waals surface area contributed by atoms with Crippen molar-refractivity contribution in [1.29, 1.82) is 0 Å². The first-order valence-electron chi connectivity index (χ1n) is 11.3. The number of hydrogen-bond donors (Lipinski definition) is 1. The van der Waals surface area contributed by atoms with Gasteiger partial charge in [-0.25, -0.2) is 0 Å². The van der Waals surface area contributed by atoms with E-state index < -0.39 is 0 Å². The SMILES string of the molecule is COCCn1cccc1[C@@H]1[C@H](c2ccccn2)NC(=S)N1c1ccc(N2CCOCC2)cc1. The van der Waals surface area contributed by atoms with Crippen LogP contribution in [0.4, 0.5) is 11.4 Å². The zero-order valence-electron chi connectivity index (χ0n) is 18.8. The molecule has 3 aromatic rings. The molecule has 0 saturated carbocycles. The van der Waals surface area contributed by atoms with Crippen LogP contribution in [-0.4, -0.2) is 54.7 Å². The number of hydrogen-bond acceptors (Lipinski definition) is 5. The highest BCUT2D eigenvalue weighted by Crippen LogP contribution is 2.42. The van der Waals surface area contributed by atoms with Crippen molar-refractivity contribution in [3.8, 4) is 0 Å². The third-order valence-electron chi connectivity index (χ3n) is 6.31. The summed E-state index contributed by atoms with van der Waals surface area (Å²) in [6, 6.07) is 18.9. The second-order valence-corrected chi connectivity index (χ2v) is 8.62. The molecule has 0 radical (unpaired) electrons. The van der Waals surface area contributed by atoms with Gasteiger partial charge in [0.1, 0.15) is 6.04 Å². The Labute approximate surface area is 199 Å². The predicted molar refractivity (Wildman–Crippen MR) is 134 cm³/mol. The Hall–Kier alpha value is -2.94. The van der Waals surface area contributed by atoms with Crippen LogP contribution < -0.4 is 15.1 Å². The summed E-state index contributed by atoms with van der Waals surface area (Å²) < 4.78 is 13.1. The number of benzene rings is 1. The minimum absolute atomic E-state index is 0.0338. The van der Waals surface area contributed by atoms with Crippen molar-refractivity contribution in [2.24, 2.45) is 0 Å². The summed E-state index contributed by atoms with van der Waals surface area (Å²) in [5, 5.41) is 4.24. The van der Waals surface area contributed by atoms with Crippen molar-refractivity contribution in [1.82, 2.24) is 14.9 Å². The summed E-state index contributed by atoms with van der Waals surface area (Å²) in [7, 11) is 1.73. The predicted octanol–water partition coefficient (Wildman–Crippen LogP) is 3.54. The topological polar surface area (TPSA) is 54.8 Å². The summed E-state index contributed by atoms with van der Waals surface area (Å²) in [6.07, 6.45) is 3.94. The summed E-state index contributed by atoms with van der Waals surface area (Å²) in [5.41, 5.74) is 4.41. The Morgan fingerprint density at radius 3 is 2.58 bits per heavy atom. The summed E-state index contributed by atoms with van der Waals surface area (Å²) in [6.45, 7) is 4.80. The molecule has 0 aliphatic carbocycles. The Balaban J connectivity index is 1.51. The molecule has 7 nitrogen and oxygen atoms in total. The molecule has 8 heteroatoms. The second-order valence-electron chi connectivity index (χ2n) is 8.23. The van der Waals surface area contributed by atoms with E-state index in [9.17, 15) is 0 Å². The zero-order valence-corrected chi connectivity index (χ0v) is 19.6. The Morgan fingerprint density at radius 1 is 1.06 bits per heavy atom. The van der Waals surface area contributed by atoms with Gasteiger partial charge in [-0.1, -0.05) is 6.07 Å². The first-order valence-corrected chi connectivity index (χ1v) is 11.7. The lowest BCUT2D eigenvalue weighted by atomic mass is 10.0. The van der Waals surface area contributed by atoms with Gasteiger partial charge in [0.2, 0.25) is 0 Å². The maximum absolute atomic E-state index is 5.87. The highest BCUT2D eigenvalue weighted by Gasteiger charge is 2.42. The van der Waals surface area contributed by atoms with Crippen LogP contribution in [0.1, 0.15) is 23.5 Å². The van der Waals surface area contributed by atoms with Crippen molar-refractivity contribution < 1.29 is 9.47 Å². The minimum Gasteiger partial charge on any atom is -0.383 e. The third kappa shape index (κ3) is 4.46. The normalized spacial score (nSPS) is 20.8.